The van der Waals surface area contributed by atoms with Crippen molar-refractivity contribution in [2.75, 3.05) is 41.4 Å². The number of nitrogens with zero attached hydrogens (tertiary/aromatic N) is 3. The van der Waals surface area contributed by atoms with Crippen LogP contribution in [0.4, 0.5) is 11.8 Å². The van der Waals surface area contributed by atoms with Crippen LogP contribution in [0, 0.1) is 6.92 Å². The van der Waals surface area contributed by atoms with Gasteiger partial charge in [-0.05, 0) is 13.3 Å². The summed E-state index contributed by atoms with van der Waals surface area (Å²) in [6, 6.07) is 1.90. The predicted molar refractivity (Wildman–Crippen MR) is 76.4 cm³/mol. The molecule has 0 aromatic carbocycles. The molecule has 0 bridgehead atoms. The van der Waals surface area contributed by atoms with Crippen LogP contribution in [0.5, 0.6) is 0 Å². The summed E-state index contributed by atoms with van der Waals surface area (Å²) in [6.45, 7) is 5.84. The van der Waals surface area contributed by atoms with Crippen LogP contribution >= 0.6 is 0 Å². The molecule has 1 N–H and O–H groups in total. The van der Waals surface area contributed by atoms with Crippen molar-refractivity contribution in [1.82, 2.24) is 9.97 Å². The highest BCUT2D eigenvalue weighted by Crippen LogP contribution is 2.17. The van der Waals surface area contributed by atoms with E-state index in [2.05, 4.69) is 22.2 Å². The molecule has 0 radical (unpaired) electrons. The van der Waals surface area contributed by atoms with Gasteiger partial charge in [-0.25, -0.2) is 13.4 Å². The van der Waals surface area contributed by atoms with Gasteiger partial charge in [0.15, 0.2) is 9.84 Å². The smallest absolute Gasteiger partial charge is 0.224 e. The zero-order valence-electron chi connectivity index (χ0n) is 11.4. The van der Waals surface area contributed by atoms with E-state index in [4.69, 9.17) is 0 Å². The van der Waals surface area contributed by atoms with Crippen molar-refractivity contribution in [3.8, 4) is 0 Å². The Labute approximate surface area is 114 Å². The summed E-state index contributed by atoms with van der Waals surface area (Å²) in [4.78, 5) is 10.8. The molecular weight excluding hydrogens is 264 g/mol. The third-order valence-corrected chi connectivity index (χ3v) is 4.65. The molecule has 0 spiro atoms. The summed E-state index contributed by atoms with van der Waals surface area (Å²) in [6.07, 6.45) is 1.01. The lowest BCUT2D eigenvalue weighted by atomic mass is 10.4. The first-order chi connectivity index (χ1) is 9.00. The lowest BCUT2D eigenvalue weighted by Crippen LogP contribution is -2.40. The SMILES string of the molecule is CCCNc1nc(C)cc(N2CCS(=O)(=O)CC2)n1. The molecule has 0 amide bonds. The molecule has 19 heavy (non-hydrogen) atoms. The zero-order valence-corrected chi connectivity index (χ0v) is 12.2. The molecule has 2 rings (SSSR count). The van der Waals surface area contributed by atoms with Gasteiger partial charge in [-0.2, -0.15) is 4.98 Å². The highest BCUT2D eigenvalue weighted by molar-refractivity contribution is 7.91. The van der Waals surface area contributed by atoms with Crippen molar-refractivity contribution >= 4 is 21.6 Å². The van der Waals surface area contributed by atoms with Gasteiger partial charge in [-0.15, -0.1) is 0 Å². The average molecular weight is 284 g/mol. The van der Waals surface area contributed by atoms with E-state index in [9.17, 15) is 8.42 Å². The summed E-state index contributed by atoms with van der Waals surface area (Å²) in [5, 5.41) is 3.16. The fourth-order valence-electron chi connectivity index (χ4n) is 1.97. The molecule has 0 unspecified atom stereocenters. The molecule has 0 atom stereocenters. The summed E-state index contributed by atoms with van der Waals surface area (Å²) < 4.78 is 22.9. The number of hydrogen-bond acceptors (Lipinski definition) is 6. The molecule has 1 fully saturated rings. The third kappa shape index (κ3) is 3.79. The van der Waals surface area contributed by atoms with Crippen LogP contribution in [0.1, 0.15) is 19.0 Å². The number of rotatable bonds is 4. The Bertz CT molecular complexity index is 531. The van der Waals surface area contributed by atoms with Crippen LogP contribution in [0.3, 0.4) is 0 Å². The average Bonchev–Trinajstić information content (AvgIpc) is 2.35. The number of hydrogen-bond donors (Lipinski definition) is 1. The van der Waals surface area contributed by atoms with Crippen LogP contribution in [0.25, 0.3) is 0 Å². The van der Waals surface area contributed by atoms with E-state index in [1.807, 2.05) is 17.9 Å². The first kappa shape index (κ1) is 14.0. The van der Waals surface area contributed by atoms with Gasteiger partial charge in [0.05, 0.1) is 11.5 Å². The van der Waals surface area contributed by atoms with Crippen molar-refractivity contribution in [2.45, 2.75) is 20.3 Å². The van der Waals surface area contributed by atoms with Gasteiger partial charge in [0, 0.05) is 31.4 Å². The highest BCUT2D eigenvalue weighted by Gasteiger charge is 2.22. The van der Waals surface area contributed by atoms with Gasteiger partial charge < -0.3 is 10.2 Å². The fraction of sp³-hybridized carbons (Fsp3) is 0.667. The Morgan fingerprint density at radius 3 is 2.63 bits per heavy atom. The molecule has 1 aromatic heterocycles. The quantitative estimate of drug-likeness (QED) is 0.883. The lowest BCUT2D eigenvalue weighted by Gasteiger charge is -2.28. The van der Waals surface area contributed by atoms with Crippen LogP contribution in [-0.4, -0.2) is 49.5 Å². The van der Waals surface area contributed by atoms with E-state index in [-0.39, 0.29) is 11.5 Å². The van der Waals surface area contributed by atoms with Gasteiger partial charge in [0.1, 0.15) is 5.82 Å². The Morgan fingerprint density at radius 2 is 2.00 bits per heavy atom. The Kier molecular flexibility index (Phi) is 4.24. The Balaban J connectivity index is 2.13. The van der Waals surface area contributed by atoms with E-state index in [1.54, 1.807) is 0 Å². The maximum Gasteiger partial charge on any atom is 0.224 e. The summed E-state index contributed by atoms with van der Waals surface area (Å²) >= 11 is 0. The number of sulfone groups is 1. The lowest BCUT2D eigenvalue weighted by molar-refractivity contribution is 0.586. The van der Waals surface area contributed by atoms with E-state index in [1.165, 1.54) is 0 Å². The van der Waals surface area contributed by atoms with Gasteiger partial charge in [-0.3, -0.25) is 0 Å². The maximum absolute atomic E-state index is 11.4. The van der Waals surface area contributed by atoms with Crippen molar-refractivity contribution in [3.05, 3.63) is 11.8 Å². The topological polar surface area (TPSA) is 75.2 Å². The molecule has 6 nitrogen and oxygen atoms in total. The molecule has 1 saturated heterocycles. The molecule has 1 aliphatic rings. The normalized spacial score (nSPS) is 18.3. The molecule has 1 aliphatic heterocycles. The first-order valence-electron chi connectivity index (χ1n) is 6.55. The third-order valence-electron chi connectivity index (χ3n) is 3.04. The van der Waals surface area contributed by atoms with Crippen LogP contribution in [0.2, 0.25) is 0 Å². The largest absolute Gasteiger partial charge is 0.354 e. The van der Waals surface area contributed by atoms with Crippen molar-refractivity contribution in [2.24, 2.45) is 0 Å². The molecule has 106 valence electrons. The van der Waals surface area contributed by atoms with Gasteiger partial charge in [0.2, 0.25) is 5.95 Å². The minimum atomic E-state index is -2.86. The minimum absolute atomic E-state index is 0.202. The number of aromatic nitrogens is 2. The maximum atomic E-state index is 11.4. The van der Waals surface area contributed by atoms with Gasteiger partial charge in [0.25, 0.3) is 0 Å². The second-order valence-electron chi connectivity index (χ2n) is 4.76. The van der Waals surface area contributed by atoms with E-state index in [0.29, 0.717) is 19.0 Å². The Morgan fingerprint density at radius 1 is 1.32 bits per heavy atom. The van der Waals surface area contributed by atoms with Crippen molar-refractivity contribution < 1.29 is 8.42 Å². The monoisotopic (exact) mass is 284 g/mol. The number of aryl methyl sites for hydroxylation is 1. The van der Waals surface area contributed by atoms with E-state index >= 15 is 0 Å². The van der Waals surface area contributed by atoms with Crippen molar-refractivity contribution in [1.29, 1.82) is 0 Å². The van der Waals surface area contributed by atoms with Crippen LogP contribution < -0.4 is 10.2 Å². The molecule has 1 aromatic rings. The molecule has 0 aliphatic carbocycles. The first-order valence-corrected chi connectivity index (χ1v) is 8.37. The Hall–Kier alpha value is -1.37. The minimum Gasteiger partial charge on any atom is -0.354 e. The van der Waals surface area contributed by atoms with E-state index < -0.39 is 9.84 Å². The van der Waals surface area contributed by atoms with E-state index in [0.717, 1.165) is 24.5 Å². The summed E-state index contributed by atoms with van der Waals surface area (Å²) in [5.74, 6) is 1.83. The van der Waals surface area contributed by atoms with Gasteiger partial charge in [-0.1, -0.05) is 6.92 Å². The van der Waals surface area contributed by atoms with Crippen molar-refractivity contribution in [3.63, 3.8) is 0 Å². The second-order valence-corrected chi connectivity index (χ2v) is 7.06. The van der Waals surface area contributed by atoms with Gasteiger partial charge >= 0.3 is 0 Å². The molecular formula is C12H20N4O2S. The second kappa shape index (κ2) is 5.73. The zero-order chi connectivity index (χ0) is 13.9. The number of nitrogens with one attached hydrogen (secondary N) is 1. The van der Waals surface area contributed by atoms with Crippen LogP contribution in [-0.2, 0) is 9.84 Å². The van der Waals surface area contributed by atoms with Crippen LogP contribution in [0.15, 0.2) is 6.07 Å². The predicted octanol–water partition coefficient (Wildman–Crippen LogP) is 0.842. The molecule has 0 saturated carbocycles. The summed E-state index contributed by atoms with van der Waals surface area (Å²) in [5.41, 5.74) is 0.886. The fourth-order valence-corrected chi connectivity index (χ4v) is 3.17. The number of anilines is 2. The summed E-state index contributed by atoms with van der Waals surface area (Å²) in [7, 11) is -2.86. The molecule has 2 heterocycles. The highest BCUT2D eigenvalue weighted by atomic mass is 32.2. The standard InChI is InChI=1S/C12H20N4O2S/c1-3-4-13-12-14-10(2)9-11(15-12)16-5-7-19(17,18)8-6-16/h9H,3-8H2,1-2H3,(H,13,14,15). The molecule has 7 heteroatoms.